The summed E-state index contributed by atoms with van der Waals surface area (Å²) >= 11 is 0. The van der Waals surface area contributed by atoms with E-state index >= 15 is 0 Å². The third-order valence-electron chi connectivity index (χ3n) is 4.79. The number of amides is 2. The summed E-state index contributed by atoms with van der Waals surface area (Å²) in [5.74, 6) is 0.0371. The predicted molar refractivity (Wildman–Crippen MR) is 95.3 cm³/mol. The number of hydrogen-bond donors (Lipinski definition) is 0. The van der Waals surface area contributed by atoms with Gasteiger partial charge in [0.2, 0.25) is 11.8 Å². The highest BCUT2D eigenvalue weighted by Gasteiger charge is 2.49. The molecule has 0 unspecified atom stereocenters. The van der Waals surface area contributed by atoms with Gasteiger partial charge in [0.15, 0.2) is 5.82 Å². The number of likely N-dealkylation sites (tertiary alicyclic amines) is 1. The number of para-hydroxylation sites is 1. The first-order valence-corrected chi connectivity index (χ1v) is 8.44. The monoisotopic (exact) mass is 346 g/mol. The average molecular weight is 346 g/mol. The average Bonchev–Trinajstić information content (AvgIpc) is 3.23. The number of benzene rings is 2. The van der Waals surface area contributed by atoms with E-state index in [0.29, 0.717) is 5.82 Å². The van der Waals surface area contributed by atoms with Gasteiger partial charge >= 0.3 is 0 Å². The molecule has 4 rings (SSSR count). The normalized spacial score (nSPS) is 20.0. The van der Waals surface area contributed by atoms with Crippen LogP contribution < -0.4 is 0 Å². The Bertz CT molecular complexity index is 952. The molecule has 1 aromatic heterocycles. The van der Waals surface area contributed by atoms with Crippen molar-refractivity contribution in [1.82, 2.24) is 19.7 Å². The largest absolute Gasteiger partial charge is 0.274 e. The van der Waals surface area contributed by atoms with E-state index in [1.165, 1.54) is 4.90 Å². The van der Waals surface area contributed by atoms with Gasteiger partial charge in [0, 0.05) is 6.42 Å². The molecule has 1 saturated heterocycles. The topological polar surface area (TPSA) is 68.1 Å². The van der Waals surface area contributed by atoms with E-state index in [9.17, 15) is 9.59 Å². The molecule has 3 aromatic rings. The lowest BCUT2D eigenvalue weighted by molar-refractivity contribution is -0.140. The second-order valence-electron chi connectivity index (χ2n) is 6.60. The molecule has 2 amide bonds. The summed E-state index contributed by atoms with van der Waals surface area (Å²) in [7, 11) is 0. The molecule has 130 valence electrons. The number of carbonyl (C=O) groups is 2. The Morgan fingerprint density at radius 3 is 2.35 bits per heavy atom. The molecule has 6 nitrogen and oxygen atoms in total. The fourth-order valence-electron chi connectivity index (χ4n) is 3.29. The second-order valence-corrected chi connectivity index (χ2v) is 6.60. The van der Waals surface area contributed by atoms with Crippen molar-refractivity contribution in [3.8, 4) is 5.69 Å². The Hall–Kier alpha value is -3.28. The van der Waals surface area contributed by atoms with Crippen LogP contribution in [-0.4, -0.2) is 31.5 Å². The van der Waals surface area contributed by atoms with Crippen molar-refractivity contribution in [3.05, 3.63) is 78.4 Å². The first kappa shape index (κ1) is 16.2. The van der Waals surface area contributed by atoms with Gasteiger partial charge in [-0.15, -0.1) is 5.10 Å². The minimum absolute atomic E-state index is 0.0833. The van der Waals surface area contributed by atoms with E-state index in [2.05, 4.69) is 10.1 Å². The summed E-state index contributed by atoms with van der Waals surface area (Å²) in [4.78, 5) is 31.0. The molecule has 1 aliphatic rings. The van der Waals surface area contributed by atoms with Gasteiger partial charge in [0.1, 0.15) is 6.33 Å². The van der Waals surface area contributed by atoms with Crippen molar-refractivity contribution in [2.75, 3.05) is 0 Å². The Kier molecular flexibility index (Phi) is 3.88. The zero-order valence-corrected chi connectivity index (χ0v) is 14.4. The van der Waals surface area contributed by atoms with Crippen molar-refractivity contribution in [1.29, 1.82) is 0 Å². The SMILES string of the molecule is C[C@]1(c2ccccc2)CC(=O)N(Cc2ncn(-c3ccccc3)n2)C1=O. The van der Waals surface area contributed by atoms with Crippen LogP contribution in [0.25, 0.3) is 5.69 Å². The van der Waals surface area contributed by atoms with Gasteiger partial charge in [0.05, 0.1) is 17.6 Å². The van der Waals surface area contributed by atoms with Gasteiger partial charge in [-0.2, -0.15) is 0 Å². The maximum Gasteiger partial charge on any atom is 0.240 e. The van der Waals surface area contributed by atoms with Crippen LogP contribution in [-0.2, 0) is 21.5 Å². The fraction of sp³-hybridized carbons (Fsp3) is 0.200. The van der Waals surface area contributed by atoms with Gasteiger partial charge < -0.3 is 0 Å². The molecule has 1 atom stereocenters. The number of imide groups is 1. The van der Waals surface area contributed by atoms with E-state index in [-0.39, 0.29) is 24.8 Å². The fourth-order valence-corrected chi connectivity index (χ4v) is 3.29. The van der Waals surface area contributed by atoms with E-state index in [1.54, 1.807) is 11.0 Å². The second kappa shape index (κ2) is 6.22. The van der Waals surface area contributed by atoms with Gasteiger partial charge in [-0.1, -0.05) is 48.5 Å². The highest BCUT2D eigenvalue weighted by atomic mass is 16.2. The smallest absolute Gasteiger partial charge is 0.240 e. The third kappa shape index (κ3) is 2.69. The summed E-state index contributed by atoms with van der Waals surface area (Å²) in [6.45, 7) is 1.90. The third-order valence-corrected chi connectivity index (χ3v) is 4.79. The van der Waals surface area contributed by atoms with Gasteiger partial charge in [-0.3, -0.25) is 14.5 Å². The molecular formula is C20H18N4O2. The summed E-state index contributed by atoms with van der Waals surface area (Å²) in [5.41, 5.74) is 0.892. The van der Waals surface area contributed by atoms with E-state index in [0.717, 1.165) is 11.3 Å². The van der Waals surface area contributed by atoms with Gasteiger partial charge in [0.25, 0.3) is 0 Å². The van der Waals surface area contributed by atoms with Crippen LogP contribution in [0.4, 0.5) is 0 Å². The predicted octanol–water partition coefficient (Wildman–Crippen LogP) is 2.48. The van der Waals surface area contributed by atoms with Crippen LogP contribution in [0.15, 0.2) is 67.0 Å². The highest BCUT2D eigenvalue weighted by molar-refractivity contribution is 6.08. The number of aromatic nitrogens is 3. The molecule has 0 spiro atoms. The molecule has 0 saturated carbocycles. The Morgan fingerprint density at radius 1 is 1.00 bits per heavy atom. The minimum atomic E-state index is -0.833. The molecule has 2 heterocycles. The lowest BCUT2D eigenvalue weighted by atomic mass is 9.81. The van der Waals surface area contributed by atoms with Crippen molar-refractivity contribution in [2.45, 2.75) is 25.3 Å². The standard InChI is InChI=1S/C20H18N4O2/c1-20(15-8-4-2-5-9-15)12-18(25)23(19(20)26)13-17-21-14-24(22-17)16-10-6-3-7-11-16/h2-11,14H,12-13H2,1H3/t20-/m1/s1. The molecule has 1 fully saturated rings. The van der Waals surface area contributed by atoms with Crippen molar-refractivity contribution >= 4 is 11.8 Å². The van der Waals surface area contributed by atoms with Gasteiger partial charge in [-0.25, -0.2) is 9.67 Å². The Morgan fingerprint density at radius 2 is 1.65 bits per heavy atom. The molecule has 0 radical (unpaired) electrons. The summed E-state index contributed by atoms with van der Waals surface area (Å²) in [5, 5.41) is 4.39. The summed E-state index contributed by atoms with van der Waals surface area (Å²) < 4.78 is 1.64. The van der Waals surface area contributed by atoms with E-state index in [4.69, 9.17) is 0 Å². The molecule has 2 aromatic carbocycles. The number of nitrogens with zero attached hydrogens (tertiary/aromatic N) is 4. The van der Waals surface area contributed by atoms with Crippen molar-refractivity contribution in [2.24, 2.45) is 0 Å². The molecular weight excluding hydrogens is 328 g/mol. The number of hydrogen-bond acceptors (Lipinski definition) is 4. The van der Waals surface area contributed by atoms with Crippen molar-refractivity contribution in [3.63, 3.8) is 0 Å². The van der Waals surface area contributed by atoms with Crippen molar-refractivity contribution < 1.29 is 9.59 Å². The van der Waals surface area contributed by atoms with Crippen LogP contribution in [0.1, 0.15) is 24.7 Å². The lowest BCUT2D eigenvalue weighted by Crippen LogP contribution is -2.36. The highest BCUT2D eigenvalue weighted by Crippen LogP contribution is 2.36. The summed E-state index contributed by atoms with van der Waals surface area (Å²) in [6.07, 6.45) is 1.75. The first-order chi connectivity index (χ1) is 12.6. The summed E-state index contributed by atoms with van der Waals surface area (Å²) in [6, 6.07) is 19.0. The quantitative estimate of drug-likeness (QED) is 0.681. The lowest BCUT2D eigenvalue weighted by Gasteiger charge is -2.22. The van der Waals surface area contributed by atoms with E-state index < -0.39 is 5.41 Å². The number of rotatable bonds is 4. The van der Waals surface area contributed by atoms with Gasteiger partial charge in [-0.05, 0) is 24.6 Å². The van der Waals surface area contributed by atoms with Crippen LogP contribution in [0.3, 0.4) is 0 Å². The first-order valence-electron chi connectivity index (χ1n) is 8.44. The van der Waals surface area contributed by atoms with Crippen LogP contribution in [0, 0.1) is 0 Å². The maximum absolute atomic E-state index is 13.0. The minimum Gasteiger partial charge on any atom is -0.274 e. The molecule has 26 heavy (non-hydrogen) atoms. The van der Waals surface area contributed by atoms with E-state index in [1.807, 2.05) is 67.6 Å². The molecule has 6 heteroatoms. The Labute approximate surface area is 151 Å². The van der Waals surface area contributed by atoms with Crippen LogP contribution in [0.2, 0.25) is 0 Å². The maximum atomic E-state index is 13.0. The van der Waals surface area contributed by atoms with Crippen LogP contribution >= 0.6 is 0 Å². The molecule has 0 N–H and O–H groups in total. The molecule has 0 aliphatic carbocycles. The zero-order valence-electron chi connectivity index (χ0n) is 14.4. The Balaban J connectivity index is 1.57. The van der Waals surface area contributed by atoms with Crippen LogP contribution in [0.5, 0.6) is 0 Å². The molecule has 0 bridgehead atoms. The number of carbonyl (C=O) groups excluding carboxylic acids is 2. The zero-order chi connectivity index (χ0) is 18.1. The molecule has 1 aliphatic heterocycles.